The molecule has 0 unspecified atom stereocenters. The van der Waals surface area contributed by atoms with Gasteiger partial charge in [0.05, 0.1) is 12.5 Å². The van der Waals surface area contributed by atoms with E-state index in [9.17, 15) is 9.59 Å². The summed E-state index contributed by atoms with van der Waals surface area (Å²) in [7, 11) is 1.59. The van der Waals surface area contributed by atoms with Crippen molar-refractivity contribution in [3.63, 3.8) is 0 Å². The van der Waals surface area contributed by atoms with E-state index in [1.807, 2.05) is 36.4 Å². The number of benzene rings is 2. The Balaban J connectivity index is 1.57. The molecule has 0 bridgehead atoms. The fourth-order valence-corrected chi connectivity index (χ4v) is 3.79. The first-order valence-corrected chi connectivity index (χ1v) is 9.74. The molecule has 2 aromatic carbocycles. The summed E-state index contributed by atoms with van der Waals surface area (Å²) in [6, 6.07) is 14.7. The van der Waals surface area contributed by atoms with Gasteiger partial charge in [0.25, 0.3) is 5.91 Å². The van der Waals surface area contributed by atoms with Crippen molar-refractivity contribution < 1.29 is 19.1 Å². The minimum absolute atomic E-state index is 0.294. The van der Waals surface area contributed by atoms with E-state index >= 15 is 0 Å². The van der Waals surface area contributed by atoms with Crippen LogP contribution in [0.25, 0.3) is 0 Å². The lowest BCUT2D eigenvalue weighted by Crippen LogP contribution is -2.37. The molecule has 1 amide bonds. The highest BCUT2D eigenvalue weighted by atomic mass is 35.5. The zero-order valence-corrected chi connectivity index (χ0v) is 16.6. The normalized spacial score (nSPS) is 15.1. The number of amides is 1. The van der Waals surface area contributed by atoms with Crippen LogP contribution in [0.1, 0.15) is 36.8 Å². The van der Waals surface area contributed by atoms with Gasteiger partial charge < -0.3 is 14.8 Å². The molecule has 1 fully saturated rings. The number of hydrogen-bond acceptors (Lipinski definition) is 4. The highest BCUT2D eigenvalue weighted by Crippen LogP contribution is 2.42. The smallest absolute Gasteiger partial charge is 0.317 e. The summed E-state index contributed by atoms with van der Waals surface area (Å²) < 4.78 is 10.6. The topological polar surface area (TPSA) is 64.6 Å². The van der Waals surface area contributed by atoms with E-state index in [0.29, 0.717) is 11.6 Å². The number of carbonyl (C=O) groups excluding carboxylic acids is 2. The Morgan fingerprint density at radius 1 is 1.11 bits per heavy atom. The molecule has 0 atom stereocenters. The van der Waals surface area contributed by atoms with Gasteiger partial charge >= 0.3 is 5.97 Å². The predicted octanol–water partition coefficient (Wildman–Crippen LogP) is 4.02. The summed E-state index contributed by atoms with van der Waals surface area (Å²) in [6.07, 6.45) is 3.36. The fourth-order valence-electron chi connectivity index (χ4n) is 3.66. The highest BCUT2D eigenvalue weighted by molar-refractivity contribution is 6.30. The second-order valence-electron chi connectivity index (χ2n) is 7.00. The quantitative estimate of drug-likeness (QED) is 0.711. The Morgan fingerprint density at radius 3 is 2.50 bits per heavy atom. The van der Waals surface area contributed by atoms with Gasteiger partial charge in [-0.15, -0.1) is 0 Å². The van der Waals surface area contributed by atoms with E-state index in [-0.39, 0.29) is 18.5 Å². The molecule has 0 saturated heterocycles. The Hall–Kier alpha value is -2.53. The first-order valence-electron chi connectivity index (χ1n) is 9.36. The number of nitrogens with one attached hydrogen (secondary N) is 1. The first kappa shape index (κ1) is 20.2. The van der Waals surface area contributed by atoms with Crippen molar-refractivity contribution in [2.75, 3.05) is 13.7 Å². The fraction of sp³-hybridized carbons (Fsp3) is 0.364. The van der Waals surface area contributed by atoms with Crippen LogP contribution >= 0.6 is 11.6 Å². The third kappa shape index (κ3) is 4.65. The molecule has 6 heteroatoms. The van der Waals surface area contributed by atoms with Crippen molar-refractivity contribution in [3.05, 3.63) is 64.7 Å². The summed E-state index contributed by atoms with van der Waals surface area (Å²) in [4.78, 5) is 25.0. The van der Waals surface area contributed by atoms with Crippen LogP contribution in [0.15, 0.2) is 48.5 Å². The monoisotopic (exact) mass is 401 g/mol. The van der Waals surface area contributed by atoms with Crippen molar-refractivity contribution in [2.45, 2.75) is 37.6 Å². The van der Waals surface area contributed by atoms with Gasteiger partial charge in [0.1, 0.15) is 5.75 Å². The molecule has 0 radical (unpaired) electrons. The van der Waals surface area contributed by atoms with Gasteiger partial charge in [0, 0.05) is 11.6 Å². The maximum absolute atomic E-state index is 12.9. The largest absolute Gasteiger partial charge is 0.497 e. The molecule has 0 spiro atoms. The molecule has 148 valence electrons. The molecule has 28 heavy (non-hydrogen) atoms. The third-order valence-corrected chi connectivity index (χ3v) is 5.45. The second kappa shape index (κ2) is 9.11. The van der Waals surface area contributed by atoms with E-state index in [1.54, 1.807) is 19.2 Å². The summed E-state index contributed by atoms with van der Waals surface area (Å²) in [5, 5.41) is 3.39. The molecular formula is C22H24ClNO4. The van der Waals surface area contributed by atoms with Crippen molar-refractivity contribution in [2.24, 2.45) is 0 Å². The van der Waals surface area contributed by atoms with E-state index in [2.05, 4.69) is 5.32 Å². The van der Waals surface area contributed by atoms with E-state index in [1.165, 1.54) is 0 Å². The minimum Gasteiger partial charge on any atom is -0.497 e. The van der Waals surface area contributed by atoms with Crippen LogP contribution in [0.4, 0.5) is 0 Å². The highest BCUT2D eigenvalue weighted by Gasteiger charge is 2.44. The molecule has 0 heterocycles. The van der Waals surface area contributed by atoms with Gasteiger partial charge in [0.15, 0.2) is 6.61 Å². The summed E-state index contributed by atoms with van der Waals surface area (Å²) in [5.74, 6) is 0.0496. The van der Waals surface area contributed by atoms with Gasteiger partial charge in [-0.05, 0) is 48.2 Å². The van der Waals surface area contributed by atoms with Crippen LogP contribution in [-0.4, -0.2) is 25.6 Å². The molecule has 0 aliphatic heterocycles. The molecule has 2 aromatic rings. The number of methoxy groups -OCH3 is 1. The van der Waals surface area contributed by atoms with Gasteiger partial charge in [-0.2, -0.15) is 0 Å². The number of esters is 1. The number of halogens is 1. The second-order valence-corrected chi connectivity index (χ2v) is 7.44. The van der Waals surface area contributed by atoms with Crippen molar-refractivity contribution in [1.82, 2.24) is 5.32 Å². The zero-order chi connectivity index (χ0) is 20.0. The number of carbonyl (C=O) groups is 2. The van der Waals surface area contributed by atoms with Gasteiger partial charge in [0.2, 0.25) is 0 Å². The van der Waals surface area contributed by atoms with Gasteiger partial charge in [-0.25, -0.2) is 0 Å². The molecule has 1 aliphatic rings. The maximum atomic E-state index is 12.9. The third-order valence-electron chi connectivity index (χ3n) is 5.20. The molecule has 3 rings (SSSR count). The lowest BCUT2D eigenvalue weighted by molar-refractivity contribution is -0.154. The molecule has 0 aromatic heterocycles. The average Bonchev–Trinajstić information content (AvgIpc) is 3.22. The Labute approximate surface area is 170 Å². The molecule has 1 N–H and O–H groups in total. The average molecular weight is 402 g/mol. The van der Waals surface area contributed by atoms with Crippen LogP contribution in [0.3, 0.4) is 0 Å². The lowest BCUT2D eigenvalue weighted by Gasteiger charge is -2.27. The van der Waals surface area contributed by atoms with E-state index in [0.717, 1.165) is 42.6 Å². The summed E-state index contributed by atoms with van der Waals surface area (Å²) >= 11 is 5.97. The van der Waals surface area contributed by atoms with Crippen LogP contribution < -0.4 is 10.1 Å². The van der Waals surface area contributed by atoms with Crippen LogP contribution in [0.2, 0.25) is 5.02 Å². The molecular weight excluding hydrogens is 378 g/mol. The Kier molecular flexibility index (Phi) is 6.57. The first-order chi connectivity index (χ1) is 13.5. The number of ether oxygens (including phenoxy) is 2. The molecule has 5 nitrogen and oxygen atoms in total. The van der Waals surface area contributed by atoms with E-state index < -0.39 is 5.41 Å². The van der Waals surface area contributed by atoms with Crippen LogP contribution in [0, 0.1) is 0 Å². The van der Waals surface area contributed by atoms with Crippen molar-refractivity contribution in [1.29, 1.82) is 0 Å². The van der Waals surface area contributed by atoms with Gasteiger partial charge in [-0.3, -0.25) is 9.59 Å². The minimum atomic E-state index is -0.683. The molecule has 1 aliphatic carbocycles. The Morgan fingerprint density at radius 2 is 1.82 bits per heavy atom. The lowest BCUT2D eigenvalue weighted by atomic mass is 9.79. The Bertz CT molecular complexity index is 829. The number of rotatable bonds is 7. The SMILES string of the molecule is COc1cccc(CNC(=O)COC(=O)C2(c3ccc(Cl)cc3)CCCC2)c1. The zero-order valence-electron chi connectivity index (χ0n) is 15.9. The van der Waals surface area contributed by atoms with Crippen molar-refractivity contribution >= 4 is 23.5 Å². The maximum Gasteiger partial charge on any atom is 0.317 e. The van der Waals surface area contributed by atoms with Crippen LogP contribution in [-0.2, 0) is 26.3 Å². The van der Waals surface area contributed by atoms with Gasteiger partial charge in [-0.1, -0.05) is 48.7 Å². The predicted molar refractivity (Wildman–Crippen MR) is 107 cm³/mol. The molecule has 1 saturated carbocycles. The van der Waals surface area contributed by atoms with Crippen LogP contribution in [0.5, 0.6) is 5.75 Å². The number of hydrogen-bond donors (Lipinski definition) is 1. The summed E-state index contributed by atoms with van der Waals surface area (Å²) in [5.41, 5.74) is 1.13. The standard InChI is InChI=1S/C22H24ClNO4/c1-27-19-6-4-5-16(13-19)14-24-20(25)15-28-21(26)22(11-2-3-12-22)17-7-9-18(23)10-8-17/h4-10,13H,2-3,11-12,14-15H2,1H3,(H,24,25). The summed E-state index contributed by atoms with van der Waals surface area (Å²) in [6.45, 7) is 0.0497. The van der Waals surface area contributed by atoms with Crippen molar-refractivity contribution in [3.8, 4) is 5.75 Å². The van der Waals surface area contributed by atoms with E-state index in [4.69, 9.17) is 21.1 Å².